The number of pyridine rings is 1. The van der Waals surface area contributed by atoms with E-state index in [0.717, 1.165) is 66.6 Å². The van der Waals surface area contributed by atoms with Gasteiger partial charge in [0.15, 0.2) is 5.65 Å². The molecule has 0 unspecified atom stereocenters. The van der Waals surface area contributed by atoms with Gasteiger partial charge in [-0.25, -0.2) is 23.1 Å². The number of hydrogen-bond donors (Lipinski definition) is 2. The summed E-state index contributed by atoms with van der Waals surface area (Å²) in [6.07, 6.45) is 8.38. The number of carbonyl (C=O) groups is 2. The maximum absolute atomic E-state index is 13.1. The zero-order valence-corrected chi connectivity index (χ0v) is 26.0. The van der Waals surface area contributed by atoms with Gasteiger partial charge in [0.2, 0.25) is 11.8 Å². The van der Waals surface area contributed by atoms with Crippen molar-refractivity contribution in [2.75, 3.05) is 5.32 Å². The molecule has 228 valence electrons. The van der Waals surface area contributed by atoms with E-state index in [0.29, 0.717) is 30.6 Å². The maximum atomic E-state index is 13.1. The molecule has 0 aliphatic carbocycles. The number of sulfonamides is 1. The van der Waals surface area contributed by atoms with Crippen molar-refractivity contribution < 1.29 is 18.0 Å². The molecule has 10 heteroatoms. The predicted octanol–water partition coefficient (Wildman–Crippen LogP) is 6.61. The number of aromatic nitrogens is 3. The molecular formula is C33H41N5O4S. The molecule has 9 nitrogen and oxygen atoms in total. The van der Waals surface area contributed by atoms with Gasteiger partial charge in [0.25, 0.3) is 10.0 Å². The minimum absolute atomic E-state index is 0.0259. The Labute approximate surface area is 254 Å². The monoisotopic (exact) mass is 603 g/mol. The number of unbranched alkanes of at least 4 members (excludes halogenated alkanes) is 3. The zero-order chi connectivity index (χ0) is 30.8. The number of rotatable bonds is 15. The second-order valence-electron chi connectivity index (χ2n) is 10.8. The summed E-state index contributed by atoms with van der Waals surface area (Å²) in [5.41, 5.74) is 4.38. The largest absolute Gasteiger partial charge is 0.325 e. The lowest BCUT2D eigenvalue weighted by Crippen LogP contribution is -2.30. The first kappa shape index (κ1) is 31.9. The molecular weight excluding hydrogens is 562 g/mol. The van der Waals surface area contributed by atoms with E-state index in [1.807, 2.05) is 37.3 Å². The molecule has 0 aliphatic heterocycles. The average molecular weight is 604 g/mol. The summed E-state index contributed by atoms with van der Waals surface area (Å²) >= 11 is 0. The van der Waals surface area contributed by atoms with Gasteiger partial charge in [0, 0.05) is 24.8 Å². The van der Waals surface area contributed by atoms with E-state index in [1.54, 1.807) is 24.4 Å². The Morgan fingerprint density at radius 3 is 2.23 bits per heavy atom. The van der Waals surface area contributed by atoms with Crippen molar-refractivity contribution in [2.45, 2.75) is 90.0 Å². The molecule has 2 heterocycles. The normalized spacial score (nSPS) is 11.5. The van der Waals surface area contributed by atoms with Gasteiger partial charge in [-0.15, -0.1) is 0 Å². The molecule has 0 aliphatic rings. The third-order valence-corrected chi connectivity index (χ3v) is 8.68. The molecule has 4 aromatic rings. The van der Waals surface area contributed by atoms with Crippen LogP contribution < -0.4 is 10.0 Å². The van der Waals surface area contributed by atoms with Crippen LogP contribution in [0.2, 0.25) is 0 Å². The number of benzene rings is 2. The van der Waals surface area contributed by atoms with E-state index >= 15 is 0 Å². The van der Waals surface area contributed by atoms with Crippen molar-refractivity contribution in [3.63, 3.8) is 0 Å². The molecule has 0 atom stereocenters. The van der Waals surface area contributed by atoms with E-state index in [2.05, 4.69) is 33.4 Å². The molecule has 43 heavy (non-hydrogen) atoms. The average Bonchev–Trinajstić information content (AvgIpc) is 3.34. The molecule has 2 aromatic heterocycles. The molecule has 0 spiro atoms. The number of nitrogens with zero attached hydrogens (tertiary/aromatic N) is 3. The van der Waals surface area contributed by atoms with Gasteiger partial charge >= 0.3 is 0 Å². The Morgan fingerprint density at radius 2 is 1.53 bits per heavy atom. The van der Waals surface area contributed by atoms with Crippen molar-refractivity contribution >= 4 is 38.7 Å². The number of amides is 2. The van der Waals surface area contributed by atoms with Crippen LogP contribution in [0.5, 0.6) is 0 Å². The Bertz CT molecular complexity index is 1660. The highest BCUT2D eigenvalue weighted by atomic mass is 32.2. The quantitative estimate of drug-likeness (QED) is 0.158. The second kappa shape index (κ2) is 14.9. The lowest BCUT2D eigenvalue weighted by atomic mass is 10.0. The van der Waals surface area contributed by atoms with Crippen LogP contribution in [0, 0.1) is 0 Å². The zero-order valence-electron chi connectivity index (χ0n) is 25.2. The lowest BCUT2D eigenvalue weighted by Gasteiger charge is -2.13. The van der Waals surface area contributed by atoms with Crippen molar-refractivity contribution in [3.8, 4) is 11.1 Å². The Kier molecular flexibility index (Phi) is 11.1. The Balaban J connectivity index is 1.59. The van der Waals surface area contributed by atoms with Gasteiger partial charge < -0.3 is 9.88 Å². The van der Waals surface area contributed by atoms with Gasteiger partial charge in [-0.2, -0.15) is 0 Å². The highest BCUT2D eigenvalue weighted by Crippen LogP contribution is 2.28. The number of nitrogens with one attached hydrogen (secondary N) is 2. The van der Waals surface area contributed by atoms with Crippen molar-refractivity contribution in [1.29, 1.82) is 0 Å². The molecule has 0 saturated carbocycles. The highest BCUT2D eigenvalue weighted by Gasteiger charge is 2.21. The molecule has 0 bridgehead atoms. The van der Waals surface area contributed by atoms with Crippen molar-refractivity contribution in [2.24, 2.45) is 0 Å². The number of imidazole rings is 1. The second-order valence-corrected chi connectivity index (χ2v) is 12.4. The number of hydrogen-bond acceptors (Lipinski definition) is 6. The summed E-state index contributed by atoms with van der Waals surface area (Å²) in [5, 5.41) is 2.93. The van der Waals surface area contributed by atoms with Gasteiger partial charge in [-0.1, -0.05) is 82.5 Å². The van der Waals surface area contributed by atoms with E-state index in [1.165, 1.54) is 6.07 Å². The SMILES string of the molecule is CCCCC(=O)Nc1cnc2c(c1)nc(CCCC)n2Cc1ccc(-c2ccccc2S(=O)(=O)NC(=O)CCCC)cc1. The van der Waals surface area contributed by atoms with Gasteiger partial charge in [-0.05, 0) is 42.5 Å². The van der Waals surface area contributed by atoms with Crippen LogP contribution in [-0.4, -0.2) is 34.8 Å². The molecule has 2 N–H and O–H groups in total. The van der Waals surface area contributed by atoms with E-state index in [9.17, 15) is 18.0 Å². The van der Waals surface area contributed by atoms with Crippen molar-refractivity contribution in [3.05, 3.63) is 72.2 Å². The van der Waals surface area contributed by atoms with E-state index in [4.69, 9.17) is 4.98 Å². The van der Waals surface area contributed by atoms with Gasteiger partial charge in [0.1, 0.15) is 11.3 Å². The highest BCUT2D eigenvalue weighted by molar-refractivity contribution is 7.90. The van der Waals surface area contributed by atoms with Crippen LogP contribution in [0.25, 0.3) is 22.3 Å². The number of carbonyl (C=O) groups excluding carboxylic acids is 2. The van der Waals surface area contributed by atoms with Crippen LogP contribution >= 0.6 is 0 Å². The molecule has 2 aromatic carbocycles. The smallest absolute Gasteiger partial charge is 0.264 e. The van der Waals surface area contributed by atoms with Crippen LogP contribution in [-0.2, 0) is 32.6 Å². The maximum Gasteiger partial charge on any atom is 0.264 e. The first-order chi connectivity index (χ1) is 20.7. The predicted molar refractivity (Wildman–Crippen MR) is 170 cm³/mol. The minimum atomic E-state index is -4.02. The summed E-state index contributed by atoms with van der Waals surface area (Å²) in [6, 6.07) is 16.3. The van der Waals surface area contributed by atoms with Crippen molar-refractivity contribution in [1.82, 2.24) is 19.3 Å². The fraction of sp³-hybridized carbons (Fsp3) is 0.394. The molecule has 0 saturated heterocycles. The fourth-order valence-corrected chi connectivity index (χ4v) is 6.13. The van der Waals surface area contributed by atoms with Gasteiger partial charge in [-0.3, -0.25) is 9.59 Å². The third kappa shape index (κ3) is 8.28. The number of aryl methyl sites for hydroxylation is 1. The van der Waals surface area contributed by atoms with Gasteiger partial charge in [0.05, 0.1) is 23.3 Å². The first-order valence-electron chi connectivity index (χ1n) is 15.1. The molecule has 2 amide bonds. The summed E-state index contributed by atoms with van der Waals surface area (Å²) in [7, 11) is -4.02. The standard InChI is InChI=1S/C33H41N5O4S/c1-4-7-14-30-36-28-21-26(35-31(39)15-8-5-2)22-34-33(28)38(30)23-24-17-19-25(20-18-24)27-12-10-11-13-29(27)43(41,42)37-32(40)16-9-6-3/h10-13,17-22H,4-9,14-16,23H2,1-3H3,(H,35,39)(H,37,40). The Morgan fingerprint density at radius 1 is 0.860 bits per heavy atom. The first-order valence-corrected chi connectivity index (χ1v) is 16.6. The minimum Gasteiger partial charge on any atom is -0.325 e. The molecule has 4 rings (SSSR count). The molecule has 0 fully saturated rings. The van der Waals surface area contributed by atoms with Crippen LogP contribution in [0.15, 0.2) is 65.7 Å². The van der Waals surface area contributed by atoms with Crippen LogP contribution in [0.4, 0.5) is 5.69 Å². The fourth-order valence-electron chi connectivity index (χ4n) is 4.88. The number of anilines is 1. The van der Waals surface area contributed by atoms with E-state index in [-0.39, 0.29) is 17.2 Å². The van der Waals surface area contributed by atoms with E-state index < -0.39 is 15.9 Å². The number of fused-ring (bicyclic) bond motifs is 1. The topological polar surface area (TPSA) is 123 Å². The lowest BCUT2D eigenvalue weighted by molar-refractivity contribution is -0.119. The summed E-state index contributed by atoms with van der Waals surface area (Å²) in [6.45, 7) is 6.69. The summed E-state index contributed by atoms with van der Waals surface area (Å²) in [4.78, 5) is 34.0. The third-order valence-electron chi connectivity index (χ3n) is 7.25. The summed E-state index contributed by atoms with van der Waals surface area (Å²) in [5.74, 6) is 0.401. The molecule has 0 radical (unpaired) electrons. The Hall–Kier alpha value is -4.05. The summed E-state index contributed by atoms with van der Waals surface area (Å²) < 4.78 is 30.5. The van der Waals surface area contributed by atoms with Crippen LogP contribution in [0.3, 0.4) is 0 Å². The van der Waals surface area contributed by atoms with Crippen LogP contribution in [0.1, 0.15) is 83.5 Å².